The molecule has 3 heterocycles. The number of carbonyl (C=O) groups is 2. The molecule has 0 saturated carbocycles. The molecule has 160 valence electrons. The third-order valence-corrected chi connectivity index (χ3v) is 6.09. The minimum absolute atomic E-state index is 0.0631. The predicted octanol–water partition coefficient (Wildman–Crippen LogP) is 3.05. The smallest absolute Gasteiger partial charge is 0.312 e. The van der Waals surface area contributed by atoms with Crippen LogP contribution in [0.15, 0.2) is 40.8 Å². The van der Waals surface area contributed by atoms with Crippen molar-refractivity contribution in [2.75, 3.05) is 40.8 Å². The van der Waals surface area contributed by atoms with Crippen LogP contribution in [0.1, 0.15) is 29.8 Å². The number of nitrogens with zero attached hydrogens (tertiary/aromatic N) is 2. The fourth-order valence-corrected chi connectivity index (χ4v) is 4.41. The third kappa shape index (κ3) is 3.94. The first-order valence-corrected chi connectivity index (χ1v) is 10.3. The van der Waals surface area contributed by atoms with Crippen LogP contribution < -0.4 is 4.74 Å². The van der Waals surface area contributed by atoms with E-state index < -0.39 is 5.41 Å². The van der Waals surface area contributed by atoms with Gasteiger partial charge in [0.1, 0.15) is 17.6 Å². The molecule has 2 aliphatic heterocycles. The molecule has 4 rings (SSSR count). The number of esters is 1. The SMILES string of the molecule is COc1ccc(-c2ccc(C(=O)N3CCC4(CC3)CC(CN(C)C)OC4=O)o2)cc1. The summed E-state index contributed by atoms with van der Waals surface area (Å²) in [4.78, 5) is 29.3. The molecule has 1 unspecified atom stereocenters. The lowest BCUT2D eigenvalue weighted by Gasteiger charge is -2.36. The van der Waals surface area contributed by atoms with E-state index >= 15 is 0 Å². The molecule has 1 aromatic carbocycles. The number of likely N-dealkylation sites (tertiary alicyclic amines) is 1. The van der Waals surface area contributed by atoms with Gasteiger partial charge in [-0.1, -0.05) is 0 Å². The maximum atomic E-state index is 12.9. The zero-order chi connectivity index (χ0) is 21.3. The second-order valence-electron chi connectivity index (χ2n) is 8.46. The topological polar surface area (TPSA) is 72.2 Å². The van der Waals surface area contributed by atoms with Gasteiger partial charge in [-0.25, -0.2) is 0 Å². The second kappa shape index (κ2) is 8.14. The van der Waals surface area contributed by atoms with E-state index in [0.717, 1.165) is 24.3 Å². The molecular weight excluding hydrogens is 384 g/mol. The Bertz CT molecular complexity index is 910. The Hall–Kier alpha value is -2.80. The Morgan fingerprint density at radius 1 is 1.17 bits per heavy atom. The molecule has 2 aliphatic rings. The van der Waals surface area contributed by atoms with Crippen LogP contribution in [0.25, 0.3) is 11.3 Å². The monoisotopic (exact) mass is 412 g/mol. The largest absolute Gasteiger partial charge is 0.497 e. The number of amides is 1. The molecule has 1 atom stereocenters. The van der Waals surface area contributed by atoms with E-state index in [-0.39, 0.29) is 18.0 Å². The lowest BCUT2D eigenvalue weighted by Crippen LogP contribution is -2.45. The number of hydrogen-bond donors (Lipinski definition) is 0. The number of benzene rings is 1. The minimum Gasteiger partial charge on any atom is -0.497 e. The highest BCUT2D eigenvalue weighted by Crippen LogP contribution is 2.43. The summed E-state index contributed by atoms with van der Waals surface area (Å²) in [6, 6.07) is 11.0. The van der Waals surface area contributed by atoms with Gasteiger partial charge in [0.25, 0.3) is 5.91 Å². The van der Waals surface area contributed by atoms with Crippen LogP contribution in [-0.4, -0.2) is 68.6 Å². The summed E-state index contributed by atoms with van der Waals surface area (Å²) in [5, 5.41) is 0. The summed E-state index contributed by atoms with van der Waals surface area (Å²) in [5.41, 5.74) is 0.433. The van der Waals surface area contributed by atoms with Crippen LogP contribution in [0.4, 0.5) is 0 Å². The summed E-state index contributed by atoms with van der Waals surface area (Å²) in [7, 11) is 5.57. The first-order chi connectivity index (χ1) is 14.4. The fraction of sp³-hybridized carbons (Fsp3) is 0.478. The molecule has 1 amide bonds. The van der Waals surface area contributed by atoms with Gasteiger partial charge < -0.3 is 23.7 Å². The number of carbonyl (C=O) groups excluding carboxylic acids is 2. The Morgan fingerprint density at radius 3 is 2.50 bits per heavy atom. The van der Waals surface area contributed by atoms with Crippen molar-refractivity contribution in [1.82, 2.24) is 9.80 Å². The van der Waals surface area contributed by atoms with Gasteiger partial charge in [-0.05, 0) is 63.3 Å². The quantitative estimate of drug-likeness (QED) is 0.703. The van der Waals surface area contributed by atoms with E-state index in [2.05, 4.69) is 0 Å². The molecule has 0 N–H and O–H groups in total. The standard InChI is InChI=1S/C23H28N2O5/c1-24(2)15-18-14-23(22(27)29-18)10-12-25(13-11-23)21(26)20-9-8-19(30-20)16-4-6-17(28-3)7-5-16/h4-9,18H,10-15H2,1-3H3. The molecule has 2 saturated heterocycles. The molecule has 2 aromatic rings. The van der Waals surface area contributed by atoms with Crippen molar-refractivity contribution in [3.63, 3.8) is 0 Å². The van der Waals surface area contributed by atoms with Gasteiger partial charge in [-0.15, -0.1) is 0 Å². The van der Waals surface area contributed by atoms with Gasteiger partial charge in [0.05, 0.1) is 12.5 Å². The number of furan rings is 1. The average molecular weight is 412 g/mol. The van der Waals surface area contributed by atoms with E-state index in [4.69, 9.17) is 13.9 Å². The van der Waals surface area contributed by atoms with Crippen LogP contribution in [0.2, 0.25) is 0 Å². The van der Waals surface area contributed by atoms with Gasteiger partial charge in [0.15, 0.2) is 5.76 Å². The number of likely N-dealkylation sites (N-methyl/N-ethyl adjacent to an activating group) is 1. The minimum atomic E-state index is -0.450. The van der Waals surface area contributed by atoms with Crippen LogP contribution in [0.3, 0.4) is 0 Å². The molecule has 0 radical (unpaired) electrons. The van der Waals surface area contributed by atoms with Crippen molar-refractivity contribution in [3.05, 3.63) is 42.2 Å². The summed E-state index contributed by atoms with van der Waals surface area (Å²) < 4.78 is 16.6. The highest BCUT2D eigenvalue weighted by atomic mass is 16.6. The van der Waals surface area contributed by atoms with Crippen molar-refractivity contribution in [1.29, 1.82) is 0 Å². The van der Waals surface area contributed by atoms with Gasteiger partial charge in [0, 0.05) is 31.6 Å². The first kappa shape index (κ1) is 20.5. The number of methoxy groups -OCH3 is 1. The van der Waals surface area contributed by atoms with Crippen molar-refractivity contribution >= 4 is 11.9 Å². The Labute approximate surface area is 176 Å². The second-order valence-corrected chi connectivity index (χ2v) is 8.46. The van der Waals surface area contributed by atoms with Gasteiger partial charge in [-0.3, -0.25) is 9.59 Å². The summed E-state index contributed by atoms with van der Waals surface area (Å²) in [6.45, 7) is 1.79. The van der Waals surface area contributed by atoms with E-state index in [0.29, 0.717) is 37.5 Å². The number of ether oxygens (including phenoxy) is 2. The van der Waals surface area contributed by atoms with Crippen LogP contribution >= 0.6 is 0 Å². The average Bonchev–Trinajstić information content (AvgIpc) is 3.33. The van der Waals surface area contributed by atoms with Crippen molar-refractivity contribution < 1.29 is 23.5 Å². The van der Waals surface area contributed by atoms with Gasteiger partial charge in [0.2, 0.25) is 0 Å². The van der Waals surface area contributed by atoms with Crippen molar-refractivity contribution in [2.45, 2.75) is 25.4 Å². The van der Waals surface area contributed by atoms with Crippen molar-refractivity contribution in [3.8, 4) is 17.1 Å². The molecule has 1 aromatic heterocycles. The summed E-state index contributed by atoms with van der Waals surface area (Å²) in [6.07, 6.45) is 1.93. The van der Waals surface area contributed by atoms with E-state index in [1.165, 1.54) is 0 Å². The zero-order valence-corrected chi connectivity index (χ0v) is 17.7. The zero-order valence-electron chi connectivity index (χ0n) is 17.7. The molecule has 7 heteroatoms. The van der Waals surface area contributed by atoms with E-state index in [1.54, 1.807) is 24.1 Å². The third-order valence-electron chi connectivity index (χ3n) is 6.09. The Balaban J connectivity index is 1.39. The lowest BCUT2D eigenvalue weighted by atomic mass is 9.76. The Morgan fingerprint density at radius 2 is 1.87 bits per heavy atom. The lowest BCUT2D eigenvalue weighted by molar-refractivity contribution is -0.150. The summed E-state index contributed by atoms with van der Waals surface area (Å²) in [5.74, 6) is 1.47. The maximum Gasteiger partial charge on any atom is 0.312 e. The van der Waals surface area contributed by atoms with Crippen molar-refractivity contribution in [2.24, 2.45) is 5.41 Å². The molecule has 1 spiro atoms. The predicted molar refractivity (Wildman–Crippen MR) is 111 cm³/mol. The molecule has 7 nitrogen and oxygen atoms in total. The molecule has 0 aliphatic carbocycles. The number of cyclic esters (lactones) is 1. The Kier molecular flexibility index (Phi) is 5.56. The normalized spacial score (nSPS) is 20.6. The highest BCUT2D eigenvalue weighted by Gasteiger charge is 2.51. The van der Waals surface area contributed by atoms with Gasteiger partial charge in [-0.2, -0.15) is 0 Å². The number of hydrogen-bond acceptors (Lipinski definition) is 6. The fourth-order valence-electron chi connectivity index (χ4n) is 4.41. The van der Waals surface area contributed by atoms with E-state index in [9.17, 15) is 9.59 Å². The number of rotatable bonds is 5. The summed E-state index contributed by atoms with van der Waals surface area (Å²) >= 11 is 0. The van der Waals surface area contributed by atoms with E-state index in [1.807, 2.05) is 43.3 Å². The highest BCUT2D eigenvalue weighted by molar-refractivity contribution is 5.92. The number of piperidine rings is 1. The molecule has 2 fully saturated rings. The van der Waals surface area contributed by atoms with Crippen LogP contribution in [0, 0.1) is 5.41 Å². The maximum absolute atomic E-state index is 12.9. The first-order valence-electron chi connectivity index (χ1n) is 10.3. The van der Waals surface area contributed by atoms with Crippen LogP contribution in [0.5, 0.6) is 5.75 Å². The molecule has 0 bridgehead atoms. The van der Waals surface area contributed by atoms with Gasteiger partial charge >= 0.3 is 5.97 Å². The molecular formula is C23H28N2O5. The van der Waals surface area contributed by atoms with Crippen LogP contribution in [-0.2, 0) is 9.53 Å². The molecule has 30 heavy (non-hydrogen) atoms.